The van der Waals surface area contributed by atoms with Gasteiger partial charge in [0.2, 0.25) is 5.91 Å². The molecule has 1 saturated heterocycles. The molecule has 0 aliphatic carbocycles. The van der Waals surface area contributed by atoms with Crippen molar-refractivity contribution < 1.29 is 9.59 Å². The van der Waals surface area contributed by atoms with E-state index in [4.69, 9.17) is 11.6 Å². The van der Waals surface area contributed by atoms with Crippen LogP contribution in [-0.2, 0) is 4.79 Å². The van der Waals surface area contributed by atoms with E-state index in [-0.39, 0.29) is 11.9 Å². The summed E-state index contributed by atoms with van der Waals surface area (Å²) in [4.78, 5) is 30.1. The fourth-order valence-corrected chi connectivity index (χ4v) is 2.94. The van der Waals surface area contributed by atoms with Gasteiger partial charge in [-0.05, 0) is 32.0 Å². The first kappa shape index (κ1) is 18.5. The van der Waals surface area contributed by atoms with Crippen molar-refractivity contribution in [2.75, 3.05) is 51.1 Å². The Labute approximate surface area is 148 Å². The van der Waals surface area contributed by atoms with E-state index in [1.165, 1.54) is 0 Å². The van der Waals surface area contributed by atoms with Crippen LogP contribution in [0, 0.1) is 0 Å². The maximum Gasteiger partial charge on any atom is 0.321 e. The van der Waals surface area contributed by atoms with Gasteiger partial charge in [0.15, 0.2) is 0 Å². The number of urea groups is 1. The highest BCUT2D eigenvalue weighted by Crippen LogP contribution is 2.15. The molecule has 0 spiro atoms. The zero-order chi connectivity index (χ0) is 17.5. The molecule has 3 amide bonds. The molecular weight excluding hydrogens is 328 g/mol. The largest absolute Gasteiger partial charge is 0.342 e. The summed E-state index contributed by atoms with van der Waals surface area (Å²) in [6, 6.07) is 6.96. The molecule has 0 aromatic heterocycles. The third-order valence-corrected chi connectivity index (χ3v) is 4.45. The first-order valence-electron chi connectivity index (χ1n) is 8.35. The summed E-state index contributed by atoms with van der Waals surface area (Å²) in [6.45, 7) is 8.49. The van der Waals surface area contributed by atoms with E-state index in [9.17, 15) is 9.59 Å². The highest BCUT2D eigenvalue weighted by atomic mass is 35.5. The lowest BCUT2D eigenvalue weighted by Gasteiger charge is -2.35. The molecule has 6 nitrogen and oxygen atoms in total. The van der Waals surface area contributed by atoms with E-state index in [1.54, 1.807) is 23.1 Å². The van der Waals surface area contributed by atoms with Gasteiger partial charge >= 0.3 is 6.03 Å². The summed E-state index contributed by atoms with van der Waals surface area (Å²) in [5.41, 5.74) is 0.687. The van der Waals surface area contributed by atoms with Crippen molar-refractivity contribution >= 4 is 29.2 Å². The third kappa shape index (κ3) is 5.11. The van der Waals surface area contributed by atoms with Gasteiger partial charge in [0.25, 0.3) is 0 Å². The van der Waals surface area contributed by atoms with Gasteiger partial charge in [0.1, 0.15) is 0 Å². The molecule has 0 radical (unpaired) electrons. The van der Waals surface area contributed by atoms with E-state index in [0.29, 0.717) is 43.4 Å². The fourth-order valence-electron chi connectivity index (χ4n) is 2.75. The van der Waals surface area contributed by atoms with Crippen molar-refractivity contribution in [2.45, 2.75) is 13.8 Å². The molecule has 1 aliphatic rings. The molecule has 2 rings (SSSR count). The Morgan fingerprint density at radius 1 is 1.17 bits per heavy atom. The Balaban J connectivity index is 1.79. The van der Waals surface area contributed by atoms with E-state index in [0.717, 1.165) is 13.1 Å². The zero-order valence-electron chi connectivity index (χ0n) is 14.3. The van der Waals surface area contributed by atoms with Crippen LogP contribution >= 0.6 is 11.6 Å². The third-order valence-electron chi connectivity index (χ3n) is 4.21. The quantitative estimate of drug-likeness (QED) is 0.885. The predicted octanol–water partition coefficient (Wildman–Crippen LogP) is 2.36. The molecule has 0 saturated carbocycles. The summed E-state index contributed by atoms with van der Waals surface area (Å²) in [6.07, 6.45) is 0. The second kappa shape index (κ2) is 8.89. The molecule has 1 fully saturated rings. The molecular formula is C17H25ClN4O2. The summed E-state index contributed by atoms with van der Waals surface area (Å²) in [5.74, 6) is 0.150. The first-order chi connectivity index (χ1) is 11.5. The Kier molecular flexibility index (Phi) is 6.87. The van der Waals surface area contributed by atoms with Crippen LogP contribution in [0.3, 0.4) is 0 Å². The maximum atomic E-state index is 12.3. The second-order valence-corrected chi connectivity index (χ2v) is 6.21. The van der Waals surface area contributed by atoms with Crippen LogP contribution in [0.1, 0.15) is 13.8 Å². The van der Waals surface area contributed by atoms with Gasteiger partial charge in [-0.15, -0.1) is 0 Å². The summed E-state index contributed by atoms with van der Waals surface area (Å²) < 4.78 is 0. The molecule has 0 unspecified atom stereocenters. The van der Waals surface area contributed by atoms with Crippen LogP contribution in [-0.4, -0.2) is 72.5 Å². The van der Waals surface area contributed by atoms with Crippen molar-refractivity contribution in [3.05, 3.63) is 29.3 Å². The standard InChI is InChI=1S/C17H25ClN4O2/c1-3-21(4-2)16(23)13-20-8-10-22(11-9-20)17(24)19-15-7-5-6-14(18)12-15/h5-7,12H,3-4,8-11,13H2,1-2H3,(H,19,24). The van der Waals surface area contributed by atoms with Crippen molar-refractivity contribution in [1.82, 2.24) is 14.7 Å². The lowest BCUT2D eigenvalue weighted by molar-refractivity contribution is -0.132. The van der Waals surface area contributed by atoms with Gasteiger partial charge in [0.05, 0.1) is 6.54 Å². The molecule has 1 heterocycles. The second-order valence-electron chi connectivity index (χ2n) is 5.77. The number of rotatable bonds is 5. The van der Waals surface area contributed by atoms with Crippen molar-refractivity contribution in [3.8, 4) is 0 Å². The van der Waals surface area contributed by atoms with E-state index in [2.05, 4.69) is 10.2 Å². The van der Waals surface area contributed by atoms with Crippen molar-refractivity contribution in [2.24, 2.45) is 0 Å². The average Bonchev–Trinajstić information content (AvgIpc) is 2.56. The Morgan fingerprint density at radius 2 is 1.83 bits per heavy atom. The van der Waals surface area contributed by atoms with E-state index in [1.807, 2.05) is 24.8 Å². The smallest absolute Gasteiger partial charge is 0.321 e. The molecule has 1 aromatic carbocycles. The molecule has 0 atom stereocenters. The maximum absolute atomic E-state index is 12.3. The summed E-state index contributed by atoms with van der Waals surface area (Å²) in [5, 5.41) is 3.44. The summed E-state index contributed by atoms with van der Waals surface area (Å²) in [7, 11) is 0. The predicted molar refractivity (Wildman–Crippen MR) is 96.4 cm³/mol. The molecule has 132 valence electrons. The number of nitrogens with zero attached hydrogens (tertiary/aromatic N) is 3. The van der Waals surface area contributed by atoms with Gasteiger partial charge in [-0.2, -0.15) is 0 Å². The molecule has 1 N–H and O–H groups in total. The number of amides is 3. The molecule has 24 heavy (non-hydrogen) atoms. The number of likely N-dealkylation sites (N-methyl/N-ethyl adjacent to an activating group) is 1. The number of halogens is 1. The minimum absolute atomic E-state index is 0.132. The first-order valence-corrected chi connectivity index (χ1v) is 8.73. The fraction of sp³-hybridized carbons (Fsp3) is 0.529. The van der Waals surface area contributed by atoms with Crippen LogP contribution < -0.4 is 5.32 Å². The minimum atomic E-state index is -0.132. The lowest BCUT2D eigenvalue weighted by atomic mass is 10.3. The number of anilines is 1. The van der Waals surface area contributed by atoms with Gasteiger partial charge in [0, 0.05) is 50.0 Å². The molecule has 1 aromatic rings. The van der Waals surface area contributed by atoms with Crippen LogP contribution in [0.5, 0.6) is 0 Å². The number of hydrogen-bond acceptors (Lipinski definition) is 3. The minimum Gasteiger partial charge on any atom is -0.342 e. The number of nitrogens with one attached hydrogen (secondary N) is 1. The number of piperazine rings is 1. The normalized spacial score (nSPS) is 15.2. The Bertz CT molecular complexity index is 569. The van der Waals surface area contributed by atoms with Crippen LogP contribution in [0.4, 0.5) is 10.5 Å². The van der Waals surface area contributed by atoms with Crippen molar-refractivity contribution in [1.29, 1.82) is 0 Å². The molecule has 7 heteroatoms. The Hall–Kier alpha value is -1.79. The molecule has 1 aliphatic heterocycles. The van der Waals surface area contributed by atoms with Gasteiger partial charge in [-0.25, -0.2) is 4.79 Å². The lowest BCUT2D eigenvalue weighted by Crippen LogP contribution is -2.52. The van der Waals surface area contributed by atoms with E-state index >= 15 is 0 Å². The van der Waals surface area contributed by atoms with Crippen LogP contribution in [0.15, 0.2) is 24.3 Å². The number of benzene rings is 1. The SMILES string of the molecule is CCN(CC)C(=O)CN1CCN(C(=O)Nc2cccc(Cl)c2)CC1. The zero-order valence-corrected chi connectivity index (χ0v) is 15.1. The highest BCUT2D eigenvalue weighted by molar-refractivity contribution is 6.30. The van der Waals surface area contributed by atoms with Crippen LogP contribution in [0.2, 0.25) is 5.02 Å². The van der Waals surface area contributed by atoms with Gasteiger partial charge in [-0.3, -0.25) is 9.69 Å². The van der Waals surface area contributed by atoms with E-state index < -0.39 is 0 Å². The molecule has 0 bridgehead atoms. The monoisotopic (exact) mass is 352 g/mol. The topological polar surface area (TPSA) is 55.9 Å². The average molecular weight is 353 g/mol. The number of carbonyl (C=O) groups excluding carboxylic acids is 2. The van der Waals surface area contributed by atoms with Gasteiger partial charge in [-0.1, -0.05) is 17.7 Å². The van der Waals surface area contributed by atoms with Crippen molar-refractivity contribution in [3.63, 3.8) is 0 Å². The van der Waals surface area contributed by atoms with Crippen LogP contribution in [0.25, 0.3) is 0 Å². The summed E-state index contributed by atoms with van der Waals surface area (Å²) >= 11 is 5.92. The van der Waals surface area contributed by atoms with Gasteiger partial charge < -0.3 is 15.1 Å². The Morgan fingerprint density at radius 3 is 2.42 bits per heavy atom. The number of hydrogen-bond donors (Lipinski definition) is 1. The number of carbonyl (C=O) groups is 2. The highest BCUT2D eigenvalue weighted by Gasteiger charge is 2.23.